The SMILES string of the molecule is CN1C[C@@H](c2ccco2)[C@](C#N)(C(=O)c2c[nH]c3ccccc23)C12C(=O)Nc1ccccc12. The lowest BCUT2D eigenvalue weighted by Crippen LogP contribution is -2.58. The van der Waals surface area contributed by atoms with Gasteiger partial charge in [-0.1, -0.05) is 36.4 Å². The van der Waals surface area contributed by atoms with Crippen LogP contribution in [0.25, 0.3) is 10.9 Å². The first-order chi connectivity index (χ1) is 16.1. The third-order valence-corrected chi connectivity index (χ3v) is 7.27. The fraction of sp³-hybridized carbons (Fsp3) is 0.192. The van der Waals surface area contributed by atoms with E-state index in [1.807, 2.05) is 47.4 Å². The molecular weight excluding hydrogens is 416 g/mol. The van der Waals surface area contributed by atoms with Crippen LogP contribution in [0.3, 0.4) is 0 Å². The van der Waals surface area contributed by atoms with Crippen LogP contribution in [0, 0.1) is 16.7 Å². The van der Waals surface area contributed by atoms with Gasteiger partial charge in [0.05, 0.1) is 18.3 Å². The molecule has 2 aliphatic rings. The minimum Gasteiger partial charge on any atom is -0.469 e. The molecule has 1 amide bonds. The Hall–Kier alpha value is -4.15. The number of para-hydroxylation sites is 2. The van der Waals surface area contributed by atoms with E-state index in [1.54, 1.807) is 31.4 Å². The zero-order valence-electron chi connectivity index (χ0n) is 17.8. The fourth-order valence-electron chi connectivity index (χ4n) is 5.91. The van der Waals surface area contributed by atoms with Crippen LogP contribution in [0.4, 0.5) is 5.69 Å². The van der Waals surface area contributed by atoms with E-state index in [4.69, 9.17) is 4.42 Å². The number of benzene rings is 2. The smallest absolute Gasteiger partial charge is 0.251 e. The largest absolute Gasteiger partial charge is 0.469 e. The second-order valence-corrected chi connectivity index (χ2v) is 8.66. The number of amides is 1. The number of likely N-dealkylation sites (tertiary alicyclic amines) is 1. The summed E-state index contributed by atoms with van der Waals surface area (Å²) in [6.45, 7) is 0.303. The molecule has 4 aromatic rings. The Morgan fingerprint density at radius 1 is 1.15 bits per heavy atom. The second-order valence-electron chi connectivity index (χ2n) is 8.66. The van der Waals surface area contributed by atoms with E-state index in [2.05, 4.69) is 16.4 Å². The highest BCUT2D eigenvalue weighted by Gasteiger charge is 2.75. The van der Waals surface area contributed by atoms with Gasteiger partial charge in [0.25, 0.3) is 5.91 Å². The topological polar surface area (TPSA) is 102 Å². The number of nitrogens with zero attached hydrogens (tertiary/aromatic N) is 2. The van der Waals surface area contributed by atoms with Gasteiger partial charge in [0.2, 0.25) is 0 Å². The normalized spacial score (nSPS) is 26.4. The molecule has 7 nitrogen and oxygen atoms in total. The molecule has 1 saturated heterocycles. The first-order valence-electron chi connectivity index (χ1n) is 10.7. The molecule has 33 heavy (non-hydrogen) atoms. The summed E-state index contributed by atoms with van der Waals surface area (Å²) in [6.07, 6.45) is 3.16. The number of hydrogen-bond donors (Lipinski definition) is 2. The van der Waals surface area contributed by atoms with E-state index >= 15 is 0 Å². The van der Waals surface area contributed by atoms with E-state index in [9.17, 15) is 14.9 Å². The van der Waals surface area contributed by atoms with Crippen molar-refractivity contribution in [3.8, 4) is 6.07 Å². The van der Waals surface area contributed by atoms with Crippen LogP contribution in [-0.4, -0.2) is 35.2 Å². The van der Waals surface area contributed by atoms with Crippen molar-refractivity contribution in [1.29, 1.82) is 5.26 Å². The monoisotopic (exact) mass is 436 g/mol. The van der Waals surface area contributed by atoms with Crippen molar-refractivity contribution in [1.82, 2.24) is 9.88 Å². The Kier molecular flexibility index (Phi) is 3.95. The maximum Gasteiger partial charge on any atom is 0.251 e. The molecule has 2 aliphatic heterocycles. The van der Waals surface area contributed by atoms with E-state index in [-0.39, 0.29) is 5.91 Å². The molecular formula is C26H20N4O3. The summed E-state index contributed by atoms with van der Waals surface area (Å²) in [5.74, 6) is -0.929. The molecule has 162 valence electrons. The Bertz CT molecular complexity index is 1460. The lowest BCUT2D eigenvalue weighted by molar-refractivity contribution is -0.128. The number of nitriles is 1. The Balaban J connectivity index is 1.69. The molecule has 6 rings (SSSR count). The van der Waals surface area contributed by atoms with Crippen molar-refractivity contribution in [3.05, 3.63) is 90.0 Å². The van der Waals surface area contributed by atoms with Crippen molar-refractivity contribution in [2.45, 2.75) is 11.5 Å². The maximum absolute atomic E-state index is 14.6. The van der Waals surface area contributed by atoms with E-state index in [0.29, 0.717) is 34.5 Å². The number of Topliss-reactive ketones (excluding diaryl/α,β-unsaturated/α-hetero) is 1. The molecule has 0 aliphatic carbocycles. The predicted molar refractivity (Wildman–Crippen MR) is 122 cm³/mol. The Labute approximate surface area is 189 Å². The van der Waals surface area contributed by atoms with E-state index in [0.717, 1.165) is 5.52 Å². The average Bonchev–Trinajstić information content (AvgIpc) is 3.60. The van der Waals surface area contributed by atoms with Crippen molar-refractivity contribution in [2.75, 3.05) is 18.9 Å². The highest BCUT2D eigenvalue weighted by molar-refractivity contribution is 6.18. The van der Waals surface area contributed by atoms with Gasteiger partial charge in [0.1, 0.15) is 5.76 Å². The quantitative estimate of drug-likeness (QED) is 0.472. The second kappa shape index (κ2) is 6.67. The average molecular weight is 436 g/mol. The van der Waals surface area contributed by atoms with Crippen LogP contribution in [0.2, 0.25) is 0 Å². The number of likely N-dealkylation sites (N-methyl/N-ethyl adjacent to an activating group) is 1. The molecule has 0 radical (unpaired) electrons. The van der Waals surface area contributed by atoms with Crippen LogP contribution in [-0.2, 0) is 10.3 Å². The zero-order chi connectivity index (χ0) is 22.8. The number of nitrogens with one attached hydrogen (secondary N) is 2. The number of furan rings is 1. The van der Waals surface area contributed by atoms with Crippen molar-refractivity contribution < 1.29 is 14.0 Å². The number of carbonyl (C=O) groups excluding carboxylic acids is 2. The molecule has 1 spiro atoms. The third kappa shape index (κ3) is 2.21. The van der Waals surface area contributed by atoms with Crippen molar-refractivity contribution in [2.24, 2.45) is 5.41 Å². The summed E-state index contributed by atoms with van der Waals surface area (Å²) in [4.78, 5) is 33.3. The lowest BCUT2D eigenvalue weighted by Gasteiger charge is -2.40. The highest BCUT2D eigenvalue weighted by atomic mass is 16.3. The molecule has 2 aromatic carbocycles. The first-order valence-corrected chi connectivity index (χ1v) is 10.7. The summed E-state index contributed by atoms with van der Waals surface area (Å²) in [6, 6.07) is 20.6. The minimum atomic E-state index is -1.76. The Morgan fingerprint density at radius 2 is 1.94 bits per heavy atom. The zero-order valence-corrected chi connectivity index (χ0v) is 17.8. The number of aromatic nitrogens is 1. The van der Waals surface area contributed by atoms with Gasteiger partial charge >= 0.3 is 0 Å². The fourth-order valence-corrected chi connectivity index (χ4v) is 5.91. The standard InChI is InChI=1S/C26H20N4O3/c1-30-14-19(22-11-6-12-33-22)25(15-27,23(31)17-13-28-20-9-4-2-7-16(17)20)26(30)18-8-3-5-10-21(18)29-24(26)32/h2-13,19,28H,14H2,1H3,(H,29,32)/t19-,25+,26?/m0/s1. The first kappa shape index (κ1) is 19.5. The molecule has 2 aromatic heterocycles. The number of aromatic amines is 1. The molecule has 0 bridgehead atoms. The summed E-state index contributed by atoms with van der Waals surface area (Å²) >= 11 is 0. The Morgan fingerprint density at radius 3 is 2.73 bits per heavy atom. The molecule has 1 fully saturated rings. The number of ketones is 1. The number of fused-ring (bicyclic) bond motifs is 3. The summed E-state index contributed by atoms with van der Waals surface area (Å²) in [7, 11) is 1.79. The molecule has 1 unspecified atom stereocenters. The van der Waals surface area contributed by atoms with E-state index < -0.39 is 22.7 Å². The van der Waals surface area contributed by atoms with Gasteiger partial charge in [0.15, 0.2) is 16.7 Å². The predicted octanol–water partition coefficient (Wildman–Crippen LogP) is 4.03. The van der Waals surface area contributed by atoms with Gasteiger partial charge in [-0.25, -0.2) is 0 Å². The number of H-pyrrole nitrogens is 1. The van der Waals surface area contributed by atoms with Crippen molar-refractivity contribution in [3.63, 3.8) is 0 Å². The van der Waals surface area contributed by atoms with Gasteiger partial charge in [-0.05, 0) is 31.3 Å². The number of anilines is 1. The van der Waals surface area contributed by atoms with Crippen LogP contribution in [0.15, 0.2) is 77.5 Å². The van der Waals surface area contributed by atoms with Crippen LogP contribution in [0.1, 0.15) is 27.6 Å². The van der Waals surface area contributed by atoms with Crippen LogP contribution < -0.4 is 5.32 Å². The number of carbonyl (C=O) groups is 2. The maximum atomic E-state index is 14.6. The van der Waals surface area contributed by atoms with Crippen LogP contribution >= 0.6 is 0 Å². The van der Waals surface area contributed by atoms with Gasteiger partial charge in [0, 0.05) is 40.5 Å². The van der Waals surface area contributed by atoms with Gasteiger partial charge < -0.3 is 14.7 Å². The van der Waals surface area contributed by atoms with E-state index in [1.165, 1.54) is 6.26 Å². The van der Waals surface area contributed by atoms with Gasteiger partial charge in [-0.2, -0.15) is 5.26 Å². The van der Waals surface area contributed by atoms with Gasteiger partial charge in [-0.15, -0.1) is 0 Å². The summed E-state index contributed by atoms with van der Waals surface area (Å²) < 4.78 is 5.73. The molecule has 2 N–H and O–H groups in total. The molecule has 4 heterocycles. The third-order valence-electron chi connectivity index (χ3n) is 7.27. The molecule has 0 saturated carbocycles. The number of rotatable bonds is 3. The highest BCUT2D eigenvalue weighted by Crippen LogP contribution is 2.63. The lowest BCUT2D eigenvalue weighted by atomic mass is 9.59. The summed E-state index contributed by atoms with van der Waals surface area (Å²) in [5, 5.41) is 14.5. The van der Waals surface area contributed by atoms with Gasteiger partial charge in [-0.3, -0.25) is 14.5 Å². The minimum absolute atomic E-state index is 0.303. The number of hydrogen-bond acceptors (Lipinski definition) is 5. The summed E-state index contributed by atoms with van der Waals surface area (Å²) in [5.41, 5.74) is -0.857. The molecule has 7 heteroatoms. The van der Waals surface area contributed by atoms with Crippen LogP contribution in [0.5, 0.6) is 0 Å². The molecule has 3 atom stereocenters. The van der Waals surface area contributed by atoms with Crippen molar-refractivity contribution >= 4 is 28.3 Å².